The van der Waals surface area contributed by atoms with Gasteiger partial charge in [-0.3, -0.25) is 4.79 Å². The summed E-state index contributed by atoms with van der Waals surface area (Å²) in [5.41, 5.74) is 3.31. The highest BCUT2D eigenvalue weighted by atomic mass is 32.1. The maximum absolute atomic E-state index is 12.4. The Kier molecular flexibility index (Phi) is 5.52. The predicted molar refractivity (Wildman–Crippen MR) is 115 cm³/mol. The maximum atomic E-state index is 12.4. The van der Waals surface area contributed by atoms with E-state index in [1.807, 2.05) is 35.7 Å². The number of benzene rings is 2. The van der Waals surface area contributed by atoms with Crippen molar-refractivity contribution in [1.82, 2.24) is 9.97 Å². The summed E-state index contributed by atoms with van der Waals surface area (Å²) >= 11 is 1.45. The fourth-order valence-electron chi connectivity index (χ4n) is 2.84. The van der Waals surface area contributed by atoms with Crippen LogP contribution in [0.4, 0.5) is 11.5 Å². The van der Waals surface area contributed by atoms with Crippen molar-refractivity contribution in [3.8, 4) is 0 Å². The molecular weight excluding hydrogens is 387 g/mol. The van der Waals surface area contributed by atoms with Crippen molar-refractivity contribution in [1.29, 1.82) is 0 Å². The number of fused-ring (bicyclic) bond motifs is 1. The van der Waals surface area contributed by atoms with Gasteiger partial charge in [-0.2, -0.15) is 0 Å². The number of hydrogen-bond donors (Lipinski definition) is 4. The monoisotopic (exact) mass is 404 g/mol. The zero-order chi connectivity index (χ0) is 20.2. The summed E-state index contributed by atoms with van der Waals surface area (Å²) in [4.78, 5) is 21.1. The van der Waals surface area contributed by atoms with Crippen LogP contribution in [0.5, 0.6) is 0 Å². The third-order valence-electron chi connectivity index (χ3n) is 4.38. The van der Waals surface area contributed by atoms with Crippen molar-refractivity contribution in [2.24, 2.45) is 0 Å². The minimum atomic E-state index is -1.48. The molecule has 4 rings (SSSR count). The number of amides is 1. The van der Waals surface area contributed by atoms with E-state index < -0.39 is 7.12 Å². The highest BCUT2D eigenvalue weighted by Crippen LogP contribution is 2.33. The molecule has 0 aliphatic rings. The molecule has 0 aliphatic carbocycles. The summed E-state index contributed by atoms with van der Waals surface area (Å²) < 4.78 is 0.846. The first-order chi connectivity index (χ1) is 14.1. The summed E-state index contributed by atoms with van der Waals surface area (Å²) in [5, 5.41) is 26.4. The Morgan fingerprint density at radius 1 is 1.03 bits per heavy atom. The predicted octanol–water partition coefficient (Wildman–Crippen LogP) is 2.24. The SMILES string of the molecule is O=C(Nc1csc2c(NCc3ccc(B(O)O)cc3)ncnc12)c1ccccc1. The van der Waals surface area contributed by atoms with Gasteiger partial charge in [-0.15, -0.1) is 11.3 Å². The largest absolute Gasteiger partial charge is 0.488 e. The Balaban J connectivity index is 1.50. The summed E-state index contributed by atoms with van der Waals surface area (Å²) in [6.45, 7) is 0.511. The second-order valence-corrected chi connectivity index (χ2v) is 7.22. The van der Waals surface area contributed by atoms with Gasteiger partial charge in [0.05, 0.1) is 10.4 Å². The Morgan fingerprint density at radius 3 is 2.52 bits per heavy atom. The molecule has 4 aromatic rings. The first kappa shape index (κ1) is 19.1. The Morgan fingerprint density at radius 2 is 1.79 bits per heavy atom. The molecule has 29 heavy (non-hydrogen) atoms. The van der Waals surface area contributed by atoms with Crippen LogP contribution in [0.25, 0.3) is 10.2 Å². The highest BCUT2D eigenvalue weighted by molar-refractivity contribution is 7.18. The third kappa shape index (κ3) is 4.27. The number of aromatic nitrogens is 2. The van der Waals surface area contributed by atoms with Gasteiger partial charge in [0.15, 0.2) is 0 Å². The lowest BCUT2D eigenvalue weighted by Crippen LogP contribution is -2.29. The number of nitrogens with zero attached hydrogens (tertiary/aromatic N) is 2. The first-order valence-electron chi connectivity index (χ1n) is 8.89. The van der Waals surface area contributed by atoms with E-state index in [1.54, 1.807) is 24.3 Å². The third-order valence-corrected chi connectivity index (χ3v) is 5.35. The lowest BCUT2D eigenvalue weighted by molar-refractivity contribution is 0.102. The van der Waals surface area contributed by atoms with E-state index in [-0.39, 0.29) is 5.91 Å². The highest BCUT2D eigenvalue weighted by Gasteiger charge is 2.14. The van der Waals surface area contributed by atoms with Crippen LogP contribution in [0, 0.1) is 0 Å². The number of hydrogen-bond acceptors (Lipinski definition) is 7. The summed E-state index contributed by atoms with van der Waals surface area (Å²) in [6.07, 6.45) is 1.46. The topological polar surface area (TPSA) is 107 Å². The molecule has 9 heteroatoms. The van der Waals surface area contributed by atoms with Crippen LogP contribution in [0.1, 0.15) is 15.9 Å². The molecule has 1 amide bonds. The van der Waals surface area contributed by atoms with Crippen molar-refractivity contribution in [2.45, 2.75) is 6.54 Å². The van der Waals surface area contributed by atoms with Crippen LogP contribution in [0.15, 0.2) is 66.3 Å². The number of carbonyl (C=O) groups excluding carboxylic acids is 1. The Labute approximate surface area is 171 Å². The zero-order valence-electron chi connectivity index (χ0n) is 15.2. The molecule has 144 valence electrons. The van der Waals surface area contributed by atoms with Gasteiger partial charge in [-0.25, -0.2) is 9.97 Å². The molecule has 2 heterocycles. The number of nitrogens with one attached hydrogen (secondary N) is 2. The van der Waals surface area contributed by atoms with Crippen LogP contribution in [0.2, 0.25) is 0 Å². The van der Waals surface area contributed by atoms with Gasteiger partial charge in [-0.05, 0) is 23.2 Å². The fraction of sp³-hybridized carbons (Fsp3) is 0.0500. The second-order valence-electron chi connectivity index (χ2n) is 6.34. The molecule has 0 saturated carbocycles. The van der Waals surface area contributed by atoms with Crippen LogP contribution < -0.4 is 16.1 Å². The van der Waals surface area contributed by atoms with Crippen LogP contribution >= 0.6 is 11.3 Å². The maximum Gasteiger partial charge on any atom is 0.488 e. The minimum Gasteiger partial charge on any atom is -0.423 e. The zero-order valence-corrected chi connectivity index (χ0v) is 16.1. The molecule has 0 fully saturated rings. The van der Waals surface area contributed by atoms with E-state index in [0.29, 0.717) is 34.6 Å². The summed E-state index contributed by atoms with van der Waals surface area (Å²) in [7, 11) is -1.48. The molecule has 0 bridgehead atoms. The molecule has 2 aromatic heterocycles. The fourth-order valence-corrected chi connectivity index (χ4v) is 3.76. The van der Waals surface area contributed by atoms with Gasteiger partial charge in [0.2, 0.25) is 0 Å². The molecule has 7 nitrogen and oxygen atoms in total. The Hall–Kier alpha value is -3.27. The van der Waals surface area contributed by atoms with Crippen molar-refractivity contribution in [3.05, 3.63) is 77.4 Å². The summed E-state index contributed by atoms with van der Waals surface area (Å²) in [6, 6.07) is 16.0. The minimum absolute atomic E-state index is 0.190. The number of thiophene rings is 1. The van der Waals surface area contributed by atoms with Gasteiger partial charge >= 0.3 is 7.12 Å². The standard InChI is InChI=1S/C20H17BN4O3S/c26-20(14-4-2-1-3-5-14)25-16-11-29-18-17(16)23-12-24-19(18)22-10-13-6-8-15(9-7-13)21(27)28/h1-9,11-12,27-28H,10H2,(H,25,26)(H,22,23,24). The number of rotatable bonds is 6. The average Bonchev–Trinajstić information content (AvgIpc) is 3.16. The van der Waals surface area contributed by atoms with E-state index >= 15 is 0 Å². The normalized spacial score (nSPS) is 10.7. The van der Waals surface area contributed by atoms with E-state index in [2.05, 4.69) is 20.6 Å². The average molecular weight is 404 g/mol. The van der Waals surface area contributed by atoms with Crippen molar-refractivity contribution in [2.75, 3.05) is 10.6 Å². The number of carbonyl (C=O) groups is 1. The van der Waals surface area contributed by atoms with E-state index in [0.717, 1.165) is 10.3 Å². The van der Waals surface area contributed by atoms with E-state index in [1.165, 1.54) is 17.7 Å². The molecule has 0 unspecified atom stereocenters. The van der Waals surface area contributed by atoms with Crippen LogP contribution in [-0.4, -0.2) is 33.0 Å². The van der Waals surface area contributed by atoms with Crippen molar-refractivity contribution < 1.29 is 14.8 Å². The number of anilines is 2. The first-order valence-corrected chi connectivity index (χ1v) is 9.77. The lowest BCUT2D eigenvalue weighted by atomic mass is 9.80. The molecular formula is C20H17BN4O3S. The Bertz CT molecular complexity index is 1130. The molecule has 0 aliphatic heterocycles. The molecule has 0 radical (unpaired) electrons. The van der Waals surface area contributed by atoms with Gasteiger partial charge in [0.25, 0.3) is 5.91 Å². The molecule has 0 spiro atoms. The van der Waals surface area contributed by atoms with Crippen LogP contribution in [-0.2, 0) is 6.54 Å². The van der Waals surface area contributed by atoms with E-state index in [9.17, 15) is 14.8 Å². The molecule has 0 saturated heterocycles. The van der Waals surface area contributed by atoms with Gasteiger partial charge < -0.3 is 20.7 Å². The second kappa shape index (κ2) is 8.40. The quantitative estimate of drug-likeness (QED) is 0.367. The lowest BCUT2D eigenvalue weighted by Gasteiger charge is -2.08. The summed E-state index contributed by atoms with van der Waals surface area (Å²) in [5.74, 6) is 0.482. The van der Waals surface area contributed by atoms with Crippen molar-refractivity contribution in [3.63, 3.8) is 0 Å². The van der Waals surface area contributed by atoms with Gasteiger partial charge in [0.1, 0.15) is 17.7 Å². The van der Waals surface area contributed by atoms with Crippen LogP contribution in [0.3, 0.4) is 0 Å². The molecule has 0 atom stereocenters. The molecule has 2 aromatic carbocycles. The smallest absolute Gasteiger partial charge is 0.423 e. The van der Waals surface area contributed by atoms with Gasteiger partial charge in [0, 0.05) is 17.5 Å². The van der Waals surface area contributed by atoms with Gasteiger partial charge in [-0.1, -0.05) is 42.5 Å². The van der Waals surface area contributed by atoms with E-state index in [4.69, 9.17) is 0 Å². The molecule has 4 N–H and O–H groups in total. The van der Waals surface area contributed by atoms with Crippen molar-refractivity contribution >= 4 is 51.5 Å².